The molecule has 0 bridgehead atoms. The smallest absolute Gasteiger partial charge is 0.255 e. The van der Waals surface area contributed by atoms with Gasteiger partial charge in [0.15, 0.2) is 0 Å². The van der Waals surface area contributed by atoms with Gasteiger partial charge in [-0.25, -0.2) is 0 Å². The summed E-state index contributed by atoms with van der Waals surface area (Å²) in [5.74, 6) is 0.449. The van der Waals surface area contributed by atoms with Crippen LogP contribution >= 0.6 is 0 Å². The quantitative estimate of drug-likeness (QED) is 0.772. The summed E-state index contributed by atoms with van der Waals surface area (Å²) in [6, 6.07) is 14.3. The molecule has 2 aromatic rings. The molecule has 5 nitrogen and oxygen atoms in total. The van der Waals surface area contributed by atoms with Gasteiger partial charge in [0.05, 0.1) is 6.61 Å². The minimum atomic E-state index is -0.200. The first-order valence-corrected chi connectivity index (χ1v) is 8.40. The number of benzene rings is 2. The number of ether oxygens (including phenoxy) is 1. The molecule has 5 heteroatoms. The van der Waals surface area contributed by atoms with Crippen LogP contribution in [0.25, 0.3) is 0 Å². The van der Waals surface area contributed by atoms with Gasteiger partial charge in [0.2, 0.25) is 5.91 Å². The SMILES string of the molecule is CCCCOc1cccc(C(=O)Nc2ccc(N(C)C(C)=O)cc2)c1. The van der Waals surface area contributed by atoms with Crippen LogP contribution in [-0.2, 0) is 4.79 Å². The van der Waals surface area contributed by atoms with Gasteiger partial charge < -0.3 is 15.0 Å². The Kier molecular flexibility index (Phi) is 6.57. The van der Waals surface area contributed by atoms with Crippen LogP contribution in [0.3, 0.4) is 0 Å². The van der Waals surface area contributed by atoms with Crippen LogP contribution in [0.5, 0.6) is 5.75 Å². The Morgan fingerprint density at radius 2 is 1.84 bits per heavy atom. The average Bonchev–Trinajstić information content (AvgIpc) is 2.62. The molecule has 2 aromatic carbocycles. The third-order valence-corrected chi connectivity index (χ3v) is 3.85. The molecule has 0 fully saturated rings. The van der Waals surface area contributed by atoms with E-state index in [0.29, 0.717) is 23.6 Å². The summed E-state index contributed by atoms with van der Waals surface area (Å²) in [5.41, 5.74) is 1.98. The normalized spacial score (nSPS) is 10.2. The van der Waals surface area contributed by atoms with E-state index < -0.39 is 0 Å². The third-order valence-electron chi connectivity index (χ3n) is 3.85. The predicted molar refractivity (Wildman–Crippen MR) is 100 cm³/mol. The largest absolute Gasteiger partial charge is 0.494 e. The zero-order chi connectivity index (χ0) is 18.2. The number of carbonyl (C=O) groups is 2. The van der Waals surface area contributed by atoms with Crippen molar-refractivity contribution in [3.8, 4) is 5.75 Å². The highest BCUT2D eigenvalue weighted by Crippen LogP contribution is 2.19. The number of hydrogen-bond acceptors (Lipinski definition) is 3. The molecule has 0 aliphatic carbocycles. The highest BCUT2D eigenvalue weighted by Gasteiger charge is 2.09. The predicted octanol–water partition coefficient (Wildman–Crippen LogP) is 4.10. The Morgan fingerprint density at radius 3 is 2.48 bits per heavy atom. The van der Waals surface area contributed by atoms with Crippen LogP contribution in [0.1, 0.15) is 37.0 Å². The minimum absolute atomic E-state index is 0.0447. The van der Waals surface area contributed by atoms with Gasteiger partial charge >= 0.3 is 0 Å². The molecular formula is C20H24N2O3. The van der Waals surface area contributed by atoms with Crippen LogP contribution < -0.4 is 15.0 Å². The number of amides is 2. The van der Waals surface area contributed by atoms with E-state index in [1.807, 2.05) is 6.07 Å². The average molecular weight is 340 g/mol. The van der Waals surface area contributed by atoms with Crippen molar-refractivity contribution in [1.82, 2.24) is 0 Å². The fraction of sp³-hybridized carbons (Fsp3) is 0.300. The Hall–Kier alpha value is -2.82. The van der Waals surface area contributed by atoms with Crippen LogP contribution in [0.2, 0.25) is 0 Å². The van der Waals surface area contributed by atoms with Crippen molar-refractivity contribution in [2.24, 2.45) is 0 Å². The molecule has 0 unspecified atom stereocenters. The second-order valence-corrected chi connectivity index (χ2v) is 5.81. The second kappa shape index (κ2) is 8.87. The molecular weight excluding hydrogens is 316 g/mol. The zero-order valence-corrected chi connectivity index (χ0v) is 14.9. The summed E-state index contributed by atoms with van der Waals surface area (Å²) in [5, 5.41) is 2.85. The van der Waals surface area contributed by atoms with E-state index in [4.69, 9.17) is 4.74 Å². The fourth-order valence-corrected chi connectivity index (χ4v) is 2.21. The molecule has 0 spiro atoms. The van der Waals surface area contributed by atoms with E-state index in [-0.39, 0.29) is 11.8 Å². The zero-order valence-electron chi connectivity index (χ0n) is 14.9. The van der Waals surface area contributed by atoms with Gasteiger partial charge in [0, 0.05) is 30.9 Å². The number of carbonyl (C=O) groups excluding carboxylic acids is 2. The highest BCUT2D eigenvalue weighted by atomic mass is 16.5. The lowest BCUT2D eigenvalue weighted by Gasteiger charge is -2.15. The van der Waals surface area contributed by atoms with Gasteiger partial charge in [-0.3, -0.25) is 9.59 Å². The molecule has 2 rings (SSSR count). The van der Waals surface area contributed by atoms with Gasteiger partial charge in [0.1, 0.15) is 5.75 Å². The highest BCUT2D eigenvalue weighted by molar-refractivity contribution is 6.04. The van der Waals surface area contributed by atoms with Crippen molar-refractivity contribution in [2.45, 2.75) is 26.7 Å². The van der Waals surface area contributed by atoms with Gasteiger partial charge in [-0.2, -0.15) is 0 Å². The molecule has 0 heterocycles. The van der Waals surface area contributed by atoms with Gasteiger partial charge in [-0.15, -0.1) is 0 Å². The Labute approximate surface area is 148 Å². The van der Waals surface area contributed by atoms with Crippen molar-refractivity contribution >= 4 is 23.2 Å². The number of anilines is 2. The number of unbranched alkanes of at least 4 members (excludes halogenated alkanes) is 1. The first kappa shape index (κ1) is 18.5. The number of nitrogens with zero attached hydrogens (tertiary/aromatic N) is 1. The van der Waals surface area contributed by atoms with Gasteiger partial charge in [0.25, 0.3) is 5.91 Å². The standard InChI is InChI=1S/C20H24N2O3/c1-4-5-13-25-19-8-6-7-16(14-19)20(24)21-17-9-11-18(12-10-17)22(3)15(2)23/h6-12,14H,4-5,13H2,1-3H3,(H,21,24). The monoisotopic (exact) mass is 340 g/mol. The Balaban J connectivity index is 2.02. The maximum atomic E-state index is 12.4. The molecule has 1 N–H and O–H groups in total. The number of hydrogen-bond donors (Lipinski definition) is 1. The third kappa shape index (κ3) is 5.35. The Morgan fingerprint density at radius 1 is 1.12 bits per heavy atom. The van der Waals surface area contributed by atoms with Gasteiger partial charge in [-0.1, -0.05) is 19.4 Å². The van der Waals surface area contributed by atoms with E-state index in [0.717, 1.165) is 18.5 Å². The van der Waals surface area contributed by atoms with Gasteiger partial charge in [-0.05, 0) is 48.9 Å². The molecule has 0 aromatic heterocycles. The molecule has 0 aliphatic heterocycles. The summed E-state index contributed by atoms with van der Waals surface area (Å²) >= 11 is 0. The summed E-state index contributed by atoms with van der Waals surface area (Å²) in [6.07, 6.45) is 2.05. The molecule has 0 saturated heterocycles. The van der Waals surface area contributed by atoms with Crippen molar-refractivity contribution in [3.05, 3.63) is 54.1 Å². The van der Waals surface area contributed by atoms with E-state index in [9.17, 15) is 9.59 Å². The molecule has 0 saturated carbocycles. The maximum absolute atomic E-state index is 12.4. The summed E-state index contributed by atoms with van der Waals surface area (Å²) in [4.78, 5) is 25.3. The van der Waals surface area contributed by atoms with Crippen molar-refractivity contribution < 1.29 is 14.3 Å². The van der Waals surface area contributed by atoms with E-state index in [1.54, 1.807) is 54.4 Å². The van der Waals surface area contributed by atoms with Crippen LogP contribution in [0.15, 0.2) is 48.5 Å². The van der Waals surface area contributed by atoms with Crippen molar-refractivity contribution in [1.29, 1.82) is 0 Å². The van der Waals surface area contributed by atoms with E-state index in [2.05, 4.69) is 12.2 Å². The topological polar surface area (TPSA) is 58.6 Å². The first-order chi connectivity index (χ1) is 12.0. The lowest BCUT2D eigenvalue weighted by atomic mass is 10.2. The number of nitrogens with one attached hydrogen (secondary N) is 1. The Bertz CT molecular complexity index is 726. The first-order valence-electron chi connectivity index (χ1n) is 8.40. The fourth-order valence-electron chi connectivity index (χ4n) is 2.21. The molecule has 0 aliphatic rings. The summed E-state index contributed by atoms with van der Waals surface area (Å²) in [7, 11) is 1.71. The molecule has 25 heavy (non-hydrogen) atoms. The van der Waals surface area contributed by atoms with E-state index in [1.165, 1.54) is 6.92 Å². The van der Waals surface area contributed by atoms with Crippen molar-refractivity contribution in [3.63, 3.8) is 0 Å². The summed E-state index contributed by atoms with van der Waals surface area (Å²) in [6.45, 7) is 4.25. The van der Waals surface area contributed by atoms with E-state index >= 15 is 0 Å². The van der Waals surface area contributed by atoms with Crippen molar-refractivity contribution in [2.75, 3.05) is 23.9 Å². The van der Waals surface area contributed by atoms with Crippen LogP contribution in [-0.4, -0.2) is 25.5 Å². The second-order valence-electron chi connectivity index (χ2n) is 5.81. The molecule has 2 amide bonds. The molecule has 0 radical (unpaired) electrons. The lowest BCUT2D eigenvalue weighted by Crippen LogP contribution is -2.22. The summed E-state index contributed by atoms with van der Waals surface area (Å²) < 4.78 is 5.63. The van der Waals surface area contributed by atoms with Crippen LogP contribution in [0, 0.1) is 0 Å². The minimum Gasteiger partial charge on any atom is -0.494 e. The molecule has 132 valence electrons. The number of rotatable bonds is 7. The maximum Gasteiger partial charge on any atom is 0.255 e. The lowest BCUT2D eigenvalue weighted by molar-refractivity contribution is -0.116. The molecule has 0 atom stereocenters. The van der Waals surface area contributed by atoms with Crippen LogP contribution in [0.4, 0.5) is 11.4 Å².